The number of hydrogen-bond donors (Lipinski definition) is 1. The van der Waals surface area contributed by atoms with Crippen LogP contribution in [0.4, 0.5) is 5.69 Å². The van der Waals surface area contributed by atoms with Gasteiger partial charge in [0.15, 0.2) is 0 Å². The molecule has 0 atom stereocenters. The lowest BCUT2D eigenvalue weighted by Crippen LogP contribution is -2.07. The quantitative estimate of drug-likeness (QED) is 0.629. The molecule has 1 aromatic heterocycles. The molecule has 0 saturated heterocycles. The van der Waals surface area contributed by atoms with Crippen molar-refractivity contribution >= 4 is 17.3 Å². The first kappa shape index (κ1) is 15.9. The highest BCUT2D eigenvalue weighted by Gasteiger charge is 2.14. The van der Waals surface area contributed by atoms with Crippen molar-refractivity contribution in [2.75, 3.05) is 12.3 Å². The van der Waals surface area contributed by atoms with E-state index in [0.717, 1.165) is 47.0 Å². The van der Waals surface area contributed by atoms with Gasteiger partial charge in [0.25, 0.3) is 0 Å². The Kier molecular flexibility index (Phi) is 5.65. The molecule has 4 nitrogen and oxygen atoms in total. The molecule has 2 aromatic rings. The summed E-state index contributed by atoms with van der Waals surface area (Å²) in [7, 11) is 0. The second-order valence-electron chi connectivity index (χ2n) is 4.88. The predicted octanol–water partition coefficient (Wildman–Crippen LogP) is 3.46. The molecular weight excluding hydrogens is 286 g/mol. The van der Waals surface area contributed by atoms with Crippen molar-refractivity contribution < 1.29 is 4.74 Å². The van der Waals surface area contributed by atoms with E-state index in [2.05, 4.69) is 18.9 Å². The Morgan fingerprint density at radius 3 is 2.71 bits per heavy atom. The van der Waals surface area contributed by atoms with Crippen LogP contribution >= 0.6 is 11.6 Å². The fraction of sp³-hybridized carbons (Fsp3) is 0.438. The zero-order valence-corrected chi connectivity index (χ0v) is 13.4. The number of hydrogen-bond acceptors (Lipinski definition) is 3. The molecule has 0 unspecified atom stereocenters. The Morgan fingerprint density at radius 1 is 1.29 bits per heavy atom. The number of anilines is 1. The van der Waals surface area contributed by atoms with Gasteiger partial charge in [-0.25, -0.2) is 0 Å². The Bertz CT molecular complexity index is 595. The van der Waals surface area contributed by atoms with Crippen molar-refractivity contribution in [3.63, 3.8) is 0 Å². The van der Waals surface area contributed by atoms with E-state index in [0.29, 0.717) is 13.2 Å². The smallest absolute Gasteiger partial charge is 0.0900 e. The van der Waals surface area contributed by atoms with E-state index < -0.39 is 0 Å². The molecule has 0 spiro atoms. The number of nitrogen functional groups attached to an aromatic ring is 1. The molecule has 1 heterocycles. The van der Waals surface area contributed by atoms with Crippen LogP contribution in [0.5, 0.6) is 0 Å². The van der Waals surface area contributed by atoms with Gasteiger partial charge in [0.2, 0.25) is 0 Å². The SMILES string of the molecule is CCc1nn(CC)c(COCCc2ccccc2N)c1Cl. The summed E-state index contributed by atoms with van der Waals surface area (Å²) in [5.41, 5.74) is 9.73. The largest absolute Gasteiger partial charge is 0.399 e. The Hall–Kier alpha value is -1.52. The van der Waals surface area contributed by atoms with Crippen molar-refractivity contribution in [1.82, 2.24) is 9.78 Å². The van der Waals surface area contributed by atoms with Crippen molar-refractivity contribution in [3.8, 4) is 0 Å². The van der Waals surface area contributed by atoms with E-state index in [-0.39, 0.29) is 0 Å². The predicted molar refractivity (Wildman–Crippen MR) is 86.5 cm³/mol. The topological polar surface area (TPSA) is 53.1 Å². The molecule has 2 N–H and O–H groups in total. The number of nitrogens with two attached hydrogens (primary N) is 1. The van der Waals surface area contributed by atoms with Crippen molar-refractivity contribution in [3.05, 3.63) is 46.2 Å². The molecule has 0 radical (unpaired) electrons. The number of ether oxygens (including phenoxy) is 1. The normalized spacial score (nSPS) is 11.0. The molecular formula is C16H22ClN3O. The zero-order valence-electron chi connectivity index (χ0n) is 12.6. The number of benzene rings is 1. The molecule has 5 heteroatoms. The summed E-state index contributed by atoms with van der Waals surface area (Å²) in [6.45, 7) is 5.99. The zero-order chi connectivity index (χ0) is 15.2. The van der Waals surface area contributed by atoms with Crippen LogP contribution in [-0.4, -0.2) is 16.4 Å². The first-order valence-electron chi connectivity index (χ1n) is 7.32. The maximum Gasteiger partial charge on any atom is 0.0900 e. The standard InChI is InChI=1S/C16H22ClN3O/c1-3-14-16(17)15(20(4-2)19-14)11-21-10-9-12-7-5-6-8-13(12)18/h5-8H,3-4,9-11,18H2,1-2H3. The number of halogens is 1. The number of aryl methyl sites for hydroxylation is 2. The van der Waals surface area contributed by atoms with E-state index in [1.165, 1.54) is 0 Å². The van der Waals surface area contributed by atoms with Crippen LogP contribution in [0.1, 0.15) is 30.8 Å². The fourth-order valence-corrected chi connectivity index (χ4v) is 2.59. The van der Waals surface area contributed by atoms with Gasteiger partial charge in [-0.05, 0) is 31.4 Å². The molecule has 0 aliphatic carbocycles. The monoisotopic (exact) mass is 307 g/mol. The number of nitrogens with zero attached hydrogens (tertiary/aromatic N) is 2. The first-order valence-corrected chi connectivity index (χ1v) is 7.70. The summed E-state index contributed by atoms with van der Waals surface area (Å²) in [5.74, 6) is 0. The van der Waals surface area contributed by atoms with Gasteiger partial charge in [0.05, 0.1) is 29.6 Å². The molecule has 0 fully saturated rings. The number of rotatable bonds is 7. The first-order chi connectivity index (χ1) is 10.2. The average Bonchev–Trinajstić information content (AvgIpc) is 2.81. The lowest BCUT2D eigenvalue weighted by molar-refractivity contribution is 0.118. The summed E-state index contributed by atoms with van der Waals surface area (Å²) >= 11 is 6.35. The molecule has 0 aliphatic rings. The maximum atomic E-state index is 6.35. The van der Waals surface area contributed by atoms with E-state index in [1.807, 2.05) is 28.9 Å². The highest BCUT2D eigenvalue weighted by atomic mass is 35.5. The van der Waals surface area contributed by atoms with Crippen LogP contribution in [0.3, 0.4) is 0 Å². The van der Waals surface area contributed by atoms with Crippen LogP contribution in [-0.2, 0) is 30.7 Å². The lowest BCUT2D eigenvalue weighted by Gasteiger charge is -2.08. The van der Waals surface area contributed by atoms with Crippen LogP contribution < -0.4 is 5.73 Å². The molecule has 1 aromatic carbocycles. The van der Waals surface area contributed by atoms with Crippen LogP contribution in [0.2, 0.25) is 5.02 Å². The summed E-state index contributed by atoms with van der Waals surface area (Å²) < 4.78 is 7.67. The minimum Gasteiger partial charge on any atom is -0.399 e. The lowest BCUT2D eigenvalue weighted by atomic mass is 10.1. The third-order valence-corrected chi connectivity index (χ3v) is 3.94. The Morgan fingerprint density at radius 2 is 2.05 bits per heavy atom. The van der Waals surface area contributed by atoms with E-state index in [9.17, 15) is 0 Å². The molecule has 0 aliphatic heterocycles. The van der Waals surface area contributed by atoms with Crippen LogP contribution in [0.15, 0.2) is 24.3 Å². The van der Waals surface area contributed by atoms with Crippen molar-refractivity contribution in [2.24, 2.45) is 0 Å². The van der Waals surface area contributed by atoms with E-state index in [4.69, 9.17) is 22.1 Å². The molecule has 0 saturated carbocycles. The van der Waals surface area contributed by atoms with Gasteiger partial charge in [0.1, 0.15) is 0 Å². The summed E-state index contributed by atoms with van der Waals surface area (Å²) in [6.07, 6.45) is 1.63. The van der Waals surface area contributed by atoms with Gasteiger partial charge in [-0.2, -0.15) is 5.10 Å². The average molecular weight is 308 g/mol. The van der Waals surface area contributed by atoms with Gasteiger partial charge in [-0.3, -0.25) is 4.68 Å². The molecule has 21 heavy (non-hydrogen) atoms. The van der Waals surface area contributed by atoms with Gasteiger partial charge < -0.3 is 10.5 Å². The van der Waals surface area contributed by atoms with Crippen LogP contribution in [0.25, 0.3) is 0 Å². The number of para-hydroxylation sites is 1. The van der Waals surface area contributed by atoms with E-state index in [1.54, 1.807) is 0 Å². The molecule has 0 bridgehead atoms. The van der Waals surface area contributed by atoms with Crippen molar-refractivity contribution in [1.29, 1.82) is 0 Å². The molecule has 2 rings (SSSR count). The second kappa shape index (κ2) is 7.48. The molecule has 114 valence electrons. The highest BCUT2D eigenvalue weighted by molar-refractivity contribution is 6.31. The Balaban J connectivity index is 1.92. The van der Waals surface area contributed by atoms with Crippen molar-refractivity contribution in [2.45, 2.75) is 39.8 Å². The third kappa shape index (κ3) is 3.77. The minimum absolute atomic E-state index is 0.479. The summed E-state index contributed by atoms with van der Waals surface area (Å²) in [5, 5.41) is 5.22. The van der Waals surface area contributed by atoms with Crippen LogP contribution in [0, 0.1) is 0 Å². The molecule has 0 amide bonds. The third-order valence-electron chi connectivity index (χ3n) is 3.50. The fourth-order valence-electron chi connectivity index (χ4n) is 2.27. The Labute approximate surface area is 130 Å². The number of aromatic nitrogens is 2. The summed E-state index contributed by atoms with van der Waals surface area (Å²) in [4.78, 5) is 0. The highest BCUT2D eigenvalue weighted by Crippen LogP contribution is 2.22. The van der Waals surface area contributed by atoms with E-state index >= 15 is 0 Å². The van der Waals surface area contributed by atoms with Gasteiger partial charge >= 0.3 is 0 Å². The van der Waals surface area contributed by atoms with Gasteiger partial charge in [-0.15, -0.1) is 0 Å². The van der Waals surface area contributed by atoms with Gasteiger partial charge in [0, 0.05) is 12.2 Å². The maximum absolute atomic E-state index is 6.35. The summed E-state index contributed by atoms with van der Waals surface area (Å²) in [6, 6.07) is 7.86. The van der Waals surface area contributed by atoms with Gasteiger partial charge in [-0.1, -0.05) is 36.7 Å². The minimum atomic E-state index is 0.479. The second-order valence-corrected chi connectivity index (χ2v) is 5.26.